The molecule has 1 aliphatic heterocycles. The van der Waals surface area contributed by atoms with E-state index >= 15 is 0 Å². The highest BCUT2D eigenvalue weighted by molar-refractivity contribution is 6.10. The van der Waals surface area contributed by atoms with E-state index in [1.165, 1.54) is 7.11 Å². The number of carboxylic acid groups (broad SMARTS) is 1. The van der Waals surface area contributed by atoms with Gasteiger partial charge in [-0.2, -0.15) is 0 Å². The average molecular weight is 373 g/mol. The number of epoxide rings is 1. The van der Waals surface area contributed by atoms with E-state index in [1.54, 1.807) is 18.2 Å². The topological polar surface area (TPSA) is 98.1 Å². The van der Waals surface area contributed by atoms with E-state index in [-0.39, 0.29) is 29.8 Å². The number of ether oxygens (including phenoxy) is 2. The van der Waals surface area contributed by atoms with Crippen LogP contribution in [0.2, 0.25) is 0 Å². The minimum atomic E-state index is -1.02. The molecule has 0 radical (unpaired) electrons. The molecule has 1 N–H and O–H groups in total. The number of benzene rings is 1. The normalized spacial score (nSPS) is 15.7. The zero-order valence-electron chi connectivity index (χ0n) is 15.5. The van der Waals surface area contributed by atoms with Crippen LogP contribution in [-0.2, 0) is 20.8 Å². The number of aromatic carboxylic acids is 1. The Balaban J connectivity index is 1.88. The number of hydrogen-bond acceptors (Lipinski definition) is 5. The molecule has 1 saturated heterocycles. The van der Waals surface area contributed by atoms with Gasteiger partial charge in [0.05, 0.1) is 31.9 Å². The Kier molecular flexibility index (Phi) is 5.60. The fourth-order valence-corrected chi connectivity index (χ4v) is 3.36. The Morgan fingerprint density at radius 1 is 1.26 bits per heavy atom. The summed E-state index contributed by atoms with van der Waals surface area (Å²) in [4.78, 5) is 35.4. The van der Waals surface area contributed by atoms with Crippen LogP contribution >= 0.6 is 0 Å². The van der Waals surface area contributed by atoms with Crippen molar-refractivity contribution in [2.24, 2.45) is 0 Å². The van der Waals surface area contributed by atoms with Crippen molar-refractivity contribution < 1.29 is 29.0 Å². The van der Waals surface area contributed by atoms with Gasteiger partial charge in [-0.15, -0.1) is 0 Å². The Labute approximate surface area is 156 Å². The Bertz CT molecular complexity index is 893. The van der Waals surface area contributed by atoms with Crippen molar-refractivity contribution in [1.82, 2.24) is 4.57 Å². The quantitative estimate of drug-likeness (QED) is 0.314. The van der Waals surface area contributed by atoms with Crippen LogP contribution in [0.4, 0.5) is 0 Å². The third kappa shape index (κ3) is 4.19. The monoisotopic (exact) mass is 373 g/mol. The van der Waals surface area contributed by atoms with Crippen LogP contribution in [0, 0.1) is 6.92 Å². The number of methoxy groups -OCH3 is 1. The van der Waals surface area contributed by atoms with E-state index < -0.39 is 5.97 Å². The summed E-state index contributed by atoms with van der Waals surface area (Å²) in [5.74, 6) is -1.35. The first-order chi connectivity index (χ1) is 12.9. The molecule has 1 unspecified atom stereocenters. The van der Waals surface area contributed by atoms with Crippen LogP contribution in [0.25, 0.3) is 10.9 Å². The van der Waals surface area contributed by atoms with E-state index in [9.17, 15) is 19.5 Å². The minimum Gasteiger partial charge on any atom is -0.478 e. The molecule has 0 bridgehead atoms. The summed E-state index contributed by atoms with van der Waals surface area (Å²) >= 11 is 0. The van der Waals surface area contributed by atoms with E-state index in [0.29, 0.717) is 43.4 Å². The number of carboxylic acids is 1. The molecule has 144 valence electrons. The summed E-state index contributed by atoms with van der Waals surface area (Å²) in [5, 5.41) is 9.96. The fraction of sp³-hybridized carbons (Fsp3) is 0.450. The van der Waals surface area contributed by atoms with Gasteiger partial charge in [-0.3, -0.25) is 9.59 Å². The van der Waals surface area contributed by atoms with Gasteiger partial charge >= 0.3 is 11.9 Å². The predicted molar refractivity (Wildman–Crippen MR) is 98.2 cm³/mol. The Hall–Kier alpha value is -2.67. The number of rotatable bonds is 9. The van der Waals surface area contributed by atoms with Gasteiger partial charge in [-0.05, 0) is 38.0 Å². The first-order valence-electron chi connectivity index (χ1n) is 9.00. The summed E-state index contributed by atoms with van der Waals surface area (Å²) in [6.45, 7) is 3.22. The third-order valence-electron chi connectivity index (χ3n) is 4.90. The van der Waals surface area contributed by atoms with Crippen molar-refractivity contribution in [3.05, 3.63) is 35.0 Å². The molecule has 7 nitrogen and oxygen atoms in total. The number of carbonyl (C=O) groups excluding carboxylic acids is 2. The maximum atomic E-state index is 12.9. The molecule has 1 aromatic heterocycles. The average Bonchev–Trinajstić information content (AvgIpc) is 3.42. The molecule has 0 aliphatic carbocycles. The van der Waals surface area contributed by atoms with Gasteiger partial charge < -0.3 is 19.1 Å². The number of aromatic nitrogens is 1. The SMILES string of the molecule is COC(=O)CCCCC(=O)c1c(C)n(CC2CO2)c2ccc(C(=O)O)cc12. The molecule has 1 atom stereocenters. The van der Waals surface area contributed by atoms with Gasteiger partial charge in [0.2, 0.25) is 0 Å². The van der Waals surface area contributed by atoms with Crippen LogP contribution < -0.4 is 0 Å². The van der Waals surface area contributed by atoms with Crippen molar-refractivity contribution in [1.29, 1.82) is 0 Å². The number of hydrogen-bond donors (Lipinski definition) is 1. The molecule has 3 rings (SSSR count). The first-order valence-corrected chi connectivity index (χ1v) is 9.00. The van der Waals surface area contributed by atoms with E-state index in [1.807, 2.05) is 11.5 Å². The molecule has 1 aliphatic rings. The lowest BCUT2D eigenvalue weighted by Crippen LogP contribution is -2.08. The predicted octanol–water partition coefficient (Wildman–Crippen LogP) is 2.96. The van der Waals surface area contributed by atoms with Gasteiger partial charge in [0, 0.05) is 35.0 Å². The van der Waals surface area contributed by atoms with Crippen molar-refractivity contribution in [3.8, 4) is 0 Å². The van der Waals surface area contributed by atoms with E-state index in [2.05, 4.69) is 4.74 Å². The van der Waals surface area contributed by atoms with Crippen molar-refractivity contribution in [3.63, 3.8) is 0 Å². The molecule has 7 heteroatoms. The fourth-order valence-electron chi connectivity index (χ4n) is 3.36. The van der Waals surface area contributed by atoms with Crippen LogP contribution in [-0.4, -0.2) is 47.2 Å². The lowest BCUT2D eigenvalue weighted by atomic mass is 10.0. The van der Waals surface area contributed by atoms with E-state index in [0.717, 1.165) is 11.2 Å². The molecular weight excluding hydrogens is 350 g/mol. The van der Waals surface area contributed by atoms with Gasteiger partial charge in [0.1, 0.15) is 0 Å². The second kappa shape index (κ2) is 7.92. The number of carbonyl (C=O) groups is 3. The summed E-state index contributed by atoms with van der Waals surface area (Å²) < 4.78 is 12.0. The summed E-state index contributed by atoms with van der Waals surface area (Å²) in [6.07, 6.45) is 1.87. The van der Waals surface area contributed by atoms with Crippen LogP contribution in [0.3, 0.4) is 0 Å². The minimum absolute atomic E-state index is 0.0413. The first kappa shape index (κ1) is 19.1. The molecule has 1 fully saturated rings. The van der Waals surface area contributed by atoms with Gasteiger partial charge in [-0.1, -0.05) is 0 Å². The standard InChI is InChI=1S/C20H23NO6/c1-12-19(17(22)5-3-4-6-18(23)26-2)15-9-13(20(24)25)7-8-16(15)21(12)10-14-11-27-14/h7-9,14H,3-6,10-11H2,1-2H3,(H,24,25). The zero-order chi connectivity index (χ0) is 19.6. The number of Topliss-reactive ketones (excluding diaryl/α,β-unsaturated/α-hetero) is 1. The van der Waals surface area contributed by atoms with Gasteiger partial charge in [0.25, 0.3) is 0 Å². The number of esters is 1. The second-order valence-corrected chi connectivity index (χ2v) is 6.77. The number of ketones is 1. The maximum Gasteiger partial charge on any atom is 0.335 e. The molecule has 1 aromatic carbocycles. The molecule has 0 saturated carbocycles. The second-order valence-electron chi connectivity index (χ2n) is 6.77. The van der Waals surface area contributed by atoms with Gasteiger partial charge in [-0.25, -0.2) is 4.79 Å². The third-order valence-corrected chi connectivity index (χ3v) is 4.90. The van der Waals surface area contributed by atoms with Gasteiger partial charge in [0.15, 0.2) is 5.78 Å². The van der Waals surface area contributed by atoms with Crippen molar-refractivity contribution in [2.45, 2.75) is 45.3 Å². The highest BCUT2D eigenvalue weighted by atomic mass is 16.6. The number of nitrogens with zero attached hydrogens (tertiary/aromatic N) is 1. The van der Waals surface area contributed by atoms with Crippen LogP contribution in [0.5, 0.6) is 0 Å². The van der Waals surface area contributed by atoms with Crippen molar-refractivity contribution in [2.75, 3.05) is 13.7 Å². The lowest BCUT2D eigenvalue weighted by molar-refractivity contribution is -0.140. The van der Waals surface area contributed by atoms with Crippen LogP contribution in [0.1, 0.15) is 52.1 Å². The van der Waals surface area contributed by atoms with E-state index in [4.69, 9.17) is 4.74 Å². The van der Waals surface area contributed by atoms with Crippen LogP contribution in [0.15, 0.2) is 18.2 Å². The summed E-state index contributed by atoms with van der Waals surface area (Å²) in [7, 11) is 1.34. The molecule has 2 heterocycles. The molecule has 2 aromatic rings. The number of fused-ring (bicyclic) bond motifs is 1. The lowest BCUT2D eigenvalue weighted by Gasteiger charge is -2.06. The molecule has 0 amide bonds. The molecule has 0 spiro atoms. The zero-order valence-corrected chi connectivity index (χ0v) is 15.5. The number of unbranched alkanes of at least 4 members (excludes halogenated alkanes) is 1. The maximum absolute atomic E-state index is 12.9. The Morgan fingerprint density at radius 2 is 1.96 bits per heavy atom. The highest BCUT2D eigenvalue weighted by Gasteiger charge is 2.27. The Morgan fingerprint density at radius 3 is 2.59 bits per heavy atom. The summed E-state index contributed by atoms with van der Waals surface area (Å²) in [5.41, 5.74) is 2.38. The van der Waals surface area contributed by atoms with Crippen molar-refractivity contribution >= 4 is 28.6 Å². The molecule has 27 heavy (non-hydrogen) atoms. The smallest absolute Gasteiger partial charge is 0.335 e. The summed E-state index contributed by atoms with van der Waals surface area (Å²) in [6, 6.07) is 4.87. The molecular formula is C20H23NO6. The largest absolute Gasteiger partial charge is 0.478 e. The highest BCUT2D eigenvalue weighted by Crippen LogP contribution is 2.30.